The fourth-order valence-corrected chi connectivity index (χ4v) is 2.65. The maximum absolute atomic E-state index is 12.5. The SMILES string of the molecule is CCc1cc(-c2[nH]ncc2NC(=O)c2cccc(OC)c2)c(O)cc1O. The van der Waals surface area contributed by atoms with Gasteiger partial charge in [0.2, 0.25) is 0 Å². The second kappa shape index (κ2) is 7.18. The van der Waals surface area contributed by atoms with Crippen molar-refractivity contribution in [2.75, 3.05) is 12.4 Å². The highest BCUT2D eigenvalue weighted by Crippen LogP contribution is 2.37. The molecule has 0 radical (unpaired) electrons. The molecule has 0 unspecified atom stereocenters. The molecule has 1 heterocycles. The molecular formula is C19H19N3O4. The van der Waals surface area contributed by atoms with Gasteiger partial charge in [0.25, 0.3) is 5.91 Å². The third kappa shape index (κ3) is 3.32. The van der Waals surface area contributed by atoms with Crippen molar-refractivity contribution >= 4 is 11.6 Å². The van der Waals surface area contributed by atoms with Gasteiger partial charge in [0, 0.05) is 17.2 Å². The normalized spacial score (nSPS) is 10.5. The molecule has 4 N–H and O–H groups in total. The maximum Gasteiger partial charge on any atom is 0.255 e. The summed E-state index contributed by atoms with van der Waals surface area (Å²) in [5, 5.41) is 29.6. The van der Waals surface area contributed by atoms with E-state index in [-0.39, 0.29) is 17.4 Å². The number of nitrogens with zero attached hydrogens (tertiary/aromatic N) is 1. The molecule has 0 aliphatic heterocycles. The number of methoxy groups -OCH3 is 1. The molecule has 7 nitrogen and oxygen atoms in total. The third-order valence-electron chi connectivity index (χ3n) is 4.07. The summed E-state index contributed by atoms with van der Waals surface area (Å²) in [6.07, 6.45) is 2.06. The number of carbonyl (C=O) groups excluding carboxylic acids is 1. The molecule has 0 saturated carbocycles. The number of hydrogen-bond acceptors (Lipinski definition) is 5. The molecule has 0 spiro atoms. The number of phenolic OH excluding ortho intramolecular Hbond substituents is 2. The quantitative estimate of drug-likeness (QED) is 0.563. The van der Waals surface area contributed by atoms with E-state index in [0.29, 0.717) is 40.2 Å². The van der Waals surface area contributed by atoms with E-state index >= 15 is 0 Å². The standard InChI is InChI=1S/C19H19N3O4/c1-3-11-8-14(17(24)9-16(11)23)18-15(10-20-22-18)21-19(25)12-5-4-6-13(7-12)26-2/h4-10,23-24H,3H2,1-2H3,(H,20,22)(H,21,25). The number of phenols is 2. The molecule has 2 aromatic carbocycles. The highest BCUT2D eigenvalue weighted by molar-refractivity contribution is 6.06. The van der Waals surface area contributed by atoms with Crippen molar-refractivity contribution in [3.05, 3.63) is 53.7 Å². The Bertz CT molecular complexity index is 950. The molecule has 1 aromatic heterocycles. The molecule has 3 rings (SSSR count). The zero-order valence-electron chi connectivity index (χ0n) is 14.4. The van der Waals surface area contributed by atoms with Crippen molar-refractivity contribution < 1.29 is 19.7 Å². The molecule has 1 amide bonds. The summed E-state index contributed by atoms with van der Waals surface area (Å²) in [5.41, 5.74) is 2.42. The lowest BCUT2D eigenvalue weighted by molar-refractivity contribution is 0.102. The zero-order chi connectivity index (χ0) is 18.7. The van der Waals surface area contributed by atoms with Crippen LogP contribution < -0.4 is 10.1 Å². The lowest BCUT2D eigenvalue weighted by Gasteiger charge is -2.10. The average Bonchev–Trinajstić information content (AvgIpc) is 3.09. The van der Waals surface area contributed by atoms with Gasteiger partial charge >= 0.3 is 0 Å². The van der Waals surface area contributed by atoms with Crippen LogP contribution >= 0.6 is 0 Å². The van der Waals surface area contributed by atoms with Crippen LogP contribution in [-0.2, 0) is 6.42 Å². The number of amides is 1. The summed E-state index contributed by atoms with van der Waals surface area (Å²) >= 11 is 0. The number of carbonyl (C=O) groups is 1. The van der Waals surface area contributed by atoms with Gasteiger partial charge < -0.3 is 20.3 Å². The Hall–Kier alpha value is -3.48. The number of anilines is 1. The average molecular weight is 353 g/mol. The van der Waals surface area contributed by atoms with E-state index < -0.39 is 0 Å². The smallest absolute Gasteiger partial charge is 0.255 e. The molecular weight excluding hydrogens is 334 g/mol. The van der Waals surface area contributed by atoms with E-state index in [1.807, 2.05) is 6.92 Å². The first-order valence-corrected chi connectivity index (χ1v) is 8.07. The van der Waals surface area contributed by atoms with Crippen molar-refractivity contribution in [3.63, 3.8) is 0 Å². The van der Waals surface area contributed by atoms with Crippen LogP contribution in [0.1, 0.15) is 22.8 Å². The Morgan fingerprint density at radius 2 is 2.04 bits per heavy atom. The van der Waals surface area contributed by atoms with Crippen LogP contribution in [0.4, 0.5) is 5.69 Å². The number of aromatic amines is 1. The molecule has 134 valence electrons. The lowest BCUT2D eigenvalue weighted by atomic mass is 10.0. The maximum atomic E-state index is 12.5. The van der Waals surface area contributed by atoms with Crippen LogP contribution in [0, 0.1) is 0 Å². The zero-order valence-corrected chi connectivity index (χ0v) is 14.4. The molecule has 0 aliphatic carbocycles. The van der Waals surface area contributed by atoms with Crippen molar-refractivity contribution in [2.45, 2.75) is 13.3 Å². The fraction of sp³-hybridized carbons (Fsp3) is 0.158. The summed E-state index contributed by atoms with van der Waals surface area (Å²) in [5.74, 6) is 0.158. The molecule has 0 aliphatic rings. The van der Waals surface area contributed by atoms with Gasteiger partial charge in [0.15, 0.2) is 0 Å². The lowest BCUT2D eigenvalue weighted by Crippen LogP contribution is -2.12. The minimum absolute atomic E-state index is 0.0234. The first kappa shape index (κ1) is 17.3. The number of nitrogens with one attached hydrogen (secondary N) is 2. The van der Waals surface area contributed by atoms with Gasteiger partial charge in [-0.15, -0.1) is 0 Å². The molecule has 0 atom stereocenters. The Kier molecular flexibility index (Phi) is 4.79. The van der Waals surface area contributed by atoms with Crippen LogP contribution in [0.15, 0.2) is 42.6 Å². The minimum Gasteiger partial charge on any atom is -0.508 e. The number of aromatic hydroxyl groups is 2. The topological polar surface area (TPSA) is 107 Å². The monoisotopic (exact) mass is 353 g/mol. The van der Waals surface area contributed by atoms with E-state index in [4.69, 9.17) is 4.74 Å². The predicted octanol–water partition coefficient (Wildman–Crippen LogP) is 3.31. The Balaban J connectivity index is 1.93. The summed E-state index contributed by atoms with van der Waals surface area (Å²) < 4.78 is 5.13. The van der Waals surface area contributed by atoms with Crippen LogP contribution in [0.5, 0.6) is 17.2 Å². The number of rotatable bonds is 5. The largest absolute Gasteiger partial charge is 0.508 e. The molecule has 0 saturated heterocycles. The highest BCUT2D eigenvalue weighted by atomic mass is 16.5. The Morgan fingerprint density at radius 1 is 1.23 bits per heavy atom. The van der Waals surface area contributed by atoms with Crippen molar-refractivity contribution in [1.29, 1.82) is 0 Å². The first-order valence-electron chi connectivity index (χ1n) is 8.07. The number of aromatic nitrogens is 2. The number of hydrogen-bond donors (Lipinski definition) is 4. The van der Waals surface area contributed by atoms with Crippen LogP contribution in [0.3, 0.4) is 0 Å². The van der Waals surface area contributed by atoms with Gasteiger partial charge in [0.1, 0.15) is 17.2 Å². The highest BCUT2D eigenvalue weighted by Gasteiger charge is 2.17. The van der Waals surface area contributed by atoms with Gasteiger partial charge in [-0.05, 0) is 36.2 Å². The van der Waals surface area contributed by atoms with Crippen molar-refractivity contribution in [1.82, 2.24) is 10.2 Å². The number of ether oxygens (including phenoxy) is 1. The van der Waals surface area contributed by atoms with E-state index in [9.17, 15) is 15.0 Å². The van der Waals surface area contributed by atoms with Gasteiger partial charge in [-0.1, -0.05) is 13.0 Å². The fourth-order valence-electron chi connectivity index (χ4n) is 2.65. The number of aryl methyl sites for hydroxylation is 1. The summed E-state index contributed by atoms with van der Waals surface area (Å²) in [6, 6.07) is 9.72. The van der Waals surface area contributed by atoms with Gasteiger partial charge in [0.05, 0.1) is 24.7 Å². The van der Waals surface area contributed by atoms with Crippen LogP contribution in [0.25, 0.3) is 11.3 Å². The third-order valence-corrected chi connectivity index (χ3v) is 4.07. The van der Waals surface area contributed by atoms with Crippen LogP contribution in [-0.4, -0.2) is 33.4 Å². The molecule has 0 bridgehead atoms. The van der Waals surface area contributed by atoms with E-state index in [2.05, 4.69) is 15.5 Å². The summed E-state index contributed by atoms with van der Waals surface area (Å²) in [4.78, 5) is 12.5. The summed E-state index contributed by atoms with van der Waals surface area (Å²) in [6.45, 7) is 1.90. The minimum atomic E-state index is -0.333. The Morgan fingerprint density at radius 3 is 2.77 bits per heavy atom. The van der Waals surface area contributed by atoms with Gasteiger partial charge in [-0.25, -0.2) is 0 Å². The molecule has 7 heteroatoms. The number of benzene rings is 2. The van der Waals surface area contributed by atoms with E-state index in [1.165, 1.54) is 19.4 Å². The molecule has 3 aromatic rings. The second-order valence-electron chi connectivity index (χ2n) is 5.70. The van der Waals surface area contributed by atoms with Crippen molar-refractivity contribution in [2.24, 2.45) is 0 Å². The molecule has 26 heavy (non-hydrogen) atoms. The second-order valence-corrected chi connectivity index (χ2v) is 5.70. The summed E-state index contributed by atoms with van der Waals surface area (Å²) in [7, 11) is 1.53. The van der Waals surface area contributed by atoms with E-state index in [0.717, 1.165) is 0 Å². The van der Waals surface area contributed by atoms with Crippen LogP contribution in [0.2, 0.25) is 0 Å². The van der Waals surface area contributed by atoms with E-state index in [1.54, 1.807) is 30.3 Å². The number of H-pyrrole nitrogens is 1. The molecule has 0 fully saturated rings. The van der Waals surface area contributed by atoms with Crippen molar-refractivity contribution in [3.8, 4) is 28.5 Å². The van der Waals surface area contributed by atoms with Gasteiger partial charge in [-0.3, -0.25) is 9.89 Å². The van der Waals surface area contributed by atoms with Gasteiger partial charge in [-0.2, -0.15) is 5.10 Å². The Labute approximate surface area is 150 Å². The first-order chi connectivity index (χ1) is 12.5. The predicted molar refractivity (Wildman–Crippen MR) is 97.7 cm³/mol.